The van der Waals surface area contributed by atoms with Gasteiger partial charge in [0.1, 0.15) is 0 Å². The third-order valence-electron chi connectivity index (χ3n) is 5.31. The summed E-state index contributed by atoms with van der Waals surface area (Å²) in [6.45, 7) is 2.14. The highest BCUT2D eigenvalue weighted by atomic mass is 16.2. The Hall–Kier alpha value is -3.15. The lowest BCUT2D eigenvalue weighted by Crippen LogP contribution is -2.44. The first kappa shape index (κ1) is 21.6. The lowest BCUT2D eigenvalue weighted by atomic mass is 10.1. The maximum atomic E-state index is 13.0. The molecule has 2 aromatic rings. The normalized spacial score (nSPS) is 13.6. The molecule has 1 fully saturated rings. The Bertz CT molecular complexity index is 876. The number of aryl methyl sites for hydroxylation is 1. The number of benzene rings is 2. The van der Waals surface area contributed by atoms with Crippen LogP contribution in [0.5, 0.6) is 0 Å². The van der Waals surface area contributed by atoms with Crippen LogP contribution in [0.4, 0.5) is 5.69 Å². The van der Waals surface area contributed by atoms with Crippen LogP contribution >= 0.6 is 0 Å². The molecule has 0 aliphatic heterocycles. The van der Waals surface area contributed by atoms with Crippen molar-refractivity contribution in [3.8, 4) is 0 Å². The van der Waals surface area contributed by atoms with Crippen molar-refractivity contribution in [2.24, 2.45) is 5.92 Å². The Kier molecular flexibility index (Phi) is 7.60. The van der Waals surface area contributed by atoms with Crippen LogP contribution in [0.15, 0.2) is 54.6 Å². The minimum atomic E-state index is -0.336. The molecule has 0 aromatic heterocycles. The van der Waals surface area contributed by atoms with E-state index in [-0.39, 0.29) is 36.7 Å². The van der Waals surface area contributed by atoms with Crippen molar-refractivity contribution >= 4 is 23.4 Å². The topological polar surface area (TPSA) is 78.5 Å². The largest absolute Gasteiger partial charge is 0.345 e. The molecule has 6 heteroatoms. The van der Waals surface area contributed by atoms with Crippen LogP contribution < -0.4 is 10.6 Å². The summed E-state index contributed by atoms with van der Waals surface area (Å²) in [6, 6.07) is 17.1. The summed E-state index contributed by atoms with van der Waals surface area (Å²) in [7, 11) is 0. The zero-order valence-corrected chi connectivity index (χ0v) is 17.4. The van der Waals surface area contributed by atoms with Crippen molar-refractivity contribution in [2.75, 3.05) is 18.4 Å². The number of rotatable bonds is 8. The number of amides is 3. The molecule has 2 N–H and O–H groups in total. The number of hydrogen-bond acceptors (Lipinski definition) is 3. The Morgan fingerprint density at radius 2 is 1.70 bits per heavy atom. The van der Waals surface area contributed by atoms with Gasteiger partial charge >= 0.3 is 0 Å². The van der Waals surface area contributed by atoms with E-state index in [2.05, 4.69) is 10.6 Å². The highest BCUT2D eigenvalue weighted by Crippen LogP contribution is 2.27. The molecule has 0 heterocycles. The molecule has 3 amide bonds. The number of carbonyl (C=O) groups is 3. The molecule has 30 heavy (non-hydrogen) atoms. The highest BCUT2D eigenvalue weighted by Gasteiger charge is 2.28. The van der Waals surface area contributed by atoms with Crippen molar-refractivity contribution in [3.05, 3.63) is 65.7 Å². The van der Waals surface area contributed by atoms with Crippen molar-refractivity contribution in [2.45, 2.75) is 39.2 Å². The van der Waals surface area contributed by atoms with E-state index in [0.29, 0.717) is 12.2 Å². The van der Waals surface area contributed by atoms with E-state index in [9.17, 15) is 14.4 Å². The second-order valence-electron chi connectivity index (χ2n) is 7.86. The first-order valence-electron chi connectivity index (χ1n) is 10.5. The van der Waals surface area contributed by atoms with Crippen LogP contribution in [-0.2, 0) is 20.9 Å². The molecular formula is C24H29N3O3. The molecule has 0 unspecified atom stereocenters. The van der Waals surface area contributed by atoms with Gasteiger partial charge in [0.15, 0.2) is 0 Å². The molecule has 0 atom stereocenters. The third kappa shape index (κ3) is 6.44. The molecule has 1 aliphatic carbocycles. The van der Waals surface area contributed by atoms with Crippen molar-refractivity contribution in [3.63, 3.8) is 0 Å². The number of nitrogens with zero attached hydrogens (tertiary/aromatic N) is 1. The van der Waals surface area contributed by atoms with Crippen LogP contribution in [0.3, 0.4) is 0 Å². The molecule has 2 aromatic carbocycles. The zero-order chi connectivity index (χ0) is 21.3. The number of carbonyl (C=O) groups excluding carboxylic acids is 3. The Morgan fingerprint density at radius 3 is 2.40 bits per heavy atom. The van der Waals surface area contributed by atoms with Crippen LogP contribution in [0, 0.1) is 12.8 Å². The van der Waals surface area contributed by atoms with Gasteiger partial charge in [-0.15, -0.1) is 0 Å². The van der Waals surface area contributed by atoms with Crippen LogP contribution in [-0.4, -0.2) is 35.7 Å². The molecular weight excluding hydrogens is 378 g/mol. The summed E-state index contributed by atoms with van der Waals surface area (Å²) in [6.07, 6.45) is 3.87. The maximum Gasteiger partial charge on any atom is 0.243 e. The van der Waals surface area contributed by atoms with Crippen LogP contribution in [0.1, 0.15) is 36.8 Å². The minimum absolute atomic E-state index is 0.00821. The Balaban J connectivity index is 1.55. The summed E-state index contributed by atoms with van der Waals surface area (Å²) < 4.78 is 0. The van der Waals surface area contributed by atoms with E-state index in [4.69, 9.17) is 0 Å². The van der Waals surface area contributed by atoms with Gasteiger partial charge in [-0.3, -0.25) is 14.4 Å². The lowest BCUT2D eigenvalue weighted by Gasteiger charge is -2.25. The van der Waals surface area contributed by atoms with Gasteiger partial charge in [0.25, 0.3) is 0 Å². The second kappa shape index (κ2) is 10.6. The first-order chi connectivity index (χ1) is 14.5. The van der Waals surface area contributed by atoms with Crippen molar-refractivity contribution < 1.29 is 14.4 Å². The van der Waals surface area contributed by atoms with Gasteiger partial charge in [-0.25, -0.2) is 0 Å². The van der Waals surface area contributed by atoms with Gasteiger partial charge < -0.3 is 15.5 Å². The van der Waals surface area contributed by atoms with Gasteiger partial charge in [-0.2, -0.15) is 0 Å². The molecule has 3 rings (SSSR count). The van der Waals surface area contributed by atoms with E-state index < -0.39 is 0 Å². The summed E-state index contributed by atoms with van der Waals surface area (Å²) in [4.78, 5) is 39.2. The standard InChI is InChI=1S/C24H29N3O3/c1-18-8-7-13-21(14-18)26-22(28)15-25-23(29)17-27(16-19-9-3-2-4-10-19)24(30)20-11-5-6-12-20/h2-4,7-10,13-14,20H,5-6,11-12,15-17H2,1H3,(H,25,29)(H,26,28). The maximum absolute atomic E-state index is 13.0. The average Bonchev–Trinajstić information content (AvgIpc) is 3.27. The fraction of sp³-hybridized carbons (Fsp3) is 0.375. The molecule has 158 valence electrons. The van der Waals surface area contributed by atoms with E-state index in [1.807, 2.05) is 55.5 Å². The van der Waals surface area contributed by atoms with Gasteiger partial charge in [0, 0.05) is 18.2 Å². The molecule has 1 saturated carbocycles. The molecule has 0 spiro atoms. The molecule has 0 saturated heterocycles. The summed E-state index contributed by atoms with van der Waals surface area (Å²) in [5.41, 5.74) is 2.71. The predicted octanol–water partition coefficient (Wildman–Crippen LogP) is 3.27. The average molecular weight is 408 g/mol. The SMILES string of the molecule is Cc1cccc(NC(=O)CNC(=O)CN(Cc2ccccc2)C(=O)C2CCCC2)c1. The van der Waals surface area contributed by atoms with Gasteiger partial charge in [0.05, 0.1) is 13.1 Å². The smallest absolute Gasteiger partial charge is 0.243 e. The van der Waals surface area contributed by atoms with E-state index in [1.54, 1.807) is 11.0 Å². The number of anilines is 1. The lowest BCUT2D eigenvalue weighted by molar-refractivity contribution is -0.140. The molecule has 6 nitrogen and oxygen atoms in total. The van der Waals surface area contributed by atoms with E-state index >= 15 is 0 Å². The third-order valence-corrected chi connectivity index (χ3v) is 5.31. The highest BCUT2D eigenvalue weighted by molar-refractivity contribution is 5.95. The van der Waals surface area contributed by atoms with E-state index in [1.165, 1.54) is 0 Å². The van der Waals surface area contributed by atoms with E-state index in [0.717, 1.165) is 36.8 Å². The fourth-order valence-corrected chi connectivity index (χ4v) is 3.78. The predicted molar refractivity (Wildman–Crippen MR) is 117 cm³/mol. The summed E-state index contributed by atoms with van der Waals surface area (Å²) >= 11 is 0. The van der Waals surface area contributed by atoms with Crippen molar-refractivity contribution in [1.82, 2.24) is 10.2 Å². The zero-order valence-electron chi connectivity index (χ0n) is 17.4. The Labute approximate surface area is 177 Å². The number of nitrogens with one attached hydrogen (secondary N) is 2. The quantitative estimate of drug-likeness (QED) is 0.705. The monoisotopic (exact) mass is 407 g/mol. The van der Waals surface area contributed by atoms with Gasteiger partial charge in [0.2, 0.25) is 17.7 Å². The number of hydrogen-bond donors (Lipinski definition) is 2. The Morgan fingerprint density at radius 1 is 0.967 bits per heavy atom. The summed E-state index contributed by atoms with van der Waals surface area (Å²) in [5, 5.41) is 5.40. The van der Waals surface area contributed by atoms with Crippen molar-refractivity contribution in [1.29, 1.82) is 0 Å². The van der Waals surface area contributed by atoms with Crippen LogP contribution in [0.25, 0.3) is 0 Å². The first-order valence-corrected chi connectivity index (χ1v) is 10.5. The summed E-state index contributed by atoms with van der Waals surface area (Å²) in [5.74, 6) is -0.621. The molecule has 0 radical (unpaired) electrons. The molecule has 1 aliphatic rings. The molecule has 0 bridgehead atoms. The minimum Gasteiger partial charge on any atom is -0.345 e. The van der Waals surface area contributed by atoms with Gasteiger partial charge in [-0.1, -0.05) is 55.3 Å². The van der Waals surface area contributed by atoms with Crippen LogP contribution in [0.2, 0.25) is 0 Å². The van der Waals surface area contributed by atoms with Gasteiger partial charge in [-0.05, 0) is 43.0 Å². The second-order valence-corrected chi connectivity index (χ2v) is 7.86. The fourth-order valence-electron chi connectivity index (χ4n) is 3.78.